The van der Waals surface area contributed by atoms with Crippen LogP contribution in [0.5, 0.6) is 11.5 Å². The first-order valence-corrected chi connectivity index (χ1v) is 10.1. The highest BCUT2D eigenvalue weighted by atomic mass is 19.1. The van der Waals surface area contributed by atoms with Crippen LogP contribution in [0.2, 0.25) is 0 Å². The molecule has 3 aromatic carbocycles. The molecule has 0 fully saturated rings. The second kappa shape index (κ2) is 9.06. The van der Waals surface area contributed by atoms with Gasteiger partial charge >= 0.3 is 0 Å². The molecule has 0 N–H and O–H groups in total. The Morgan fingerprint density at radius 2 is 1.72 bits per heavy atom. The van der Waals surface area contributed by atoms with Crippen molar-refractivity contribution < 1.29 is 18.7 Å². The zero-order valence-corrected chi connectivity index (χ0v) is 18.1. The third-order valence-electron chi connectivity index (χ3n) is 5.33. The number of nitrogens with zero attached hydrogens (tertiary/aromatic N) is 2. The van der Waals surface area contributed by atoms with Gasteiger partial charge in [-0.05, 0) is 42.5 Å². The summed E-state index contributed by atoms with van der Waals surface area (Å²) >= 11 is 0. The predicted molar refractivity (Wildman–Crippen MR) is 122 cm³/mol. The van der Waals surface area contributed by atoms with Crippen LogP contribution in [0.15, 0.2) is 72.8 Å². The molecule has 1 amide bonds. The summed E-state index contributed by atoms with van der Waals surface area (Å²) in [7, 11) is 4.90. The Labute approximate surface area is 186 Å². The van der Waals surface area contributed by atoms with Crippen LogP contribution >= 0.6 is 0 Å². The van der Waals surface area contributed by atoms with E-state index in [-0.39, 0.29) is 11.7 Å². The van der Waals surface area contributed by atoms with Gasteiger partial charge in [-0.25, -0.2) is 9.37 Å². The molecule has 0 radical (unpaired) electrons. The van der Waals surface area contributed by atoms with Crippen molar-refractivity contribution in [1.29, 1.82) is 0 Å². The maximum atomic E-state index is 13.5. The minimum absolute atomic E-state index is 0.156. The van der Waals surface area contributed by atoms with Gasteiger partial charge < -0.3 is 14.4 Å². The van der Waals surface area contributed by atoms with Gasteiger partial charge in [-0.1, -0.05) is 30.3 Å². The summed E-state index contributed by atoms with van der Waals surface area (Å²) in [4.78, 5) is 19.8. The molecular weight excluding hydrogens is 407 g/mol. The predicted octanol–water partition coefficient (Wildman–Crippen LogP) is 5.33. The third kappa shape index (κ3) is 4.12. The largest absolute Gasteiger partial charge is 0.493 e. The number of halogens is 1. The van der Waals surface area contributed by atoms with Crippen LogP contribution in [0.4, 0.5) is 4.39 Å². The van der Waals surface area contributed by atoms with Gasteiger partial charge in [0.05, 0.1) is 31.0 Å². The van der Waals surface area contributed by atoms with E-state index in [0.717, 1.165) is 16.5 Å². The first-order chi connectivity index (χ1) is 15.5. The van der Waals surface area contributed by atoms with Crippen molar-refractivity contribution in [2.75, 3.05) is 21.3 Å². The zero-order valence-electron chi connectivity index (χ0n) is 18.1. The summed E-state index contributed by atoms with van der Waals surface area (Å²) in [5.41, 5.74) is 3.41. The average Bonchev–Trinajstić information content (AvgIpc) is 2.83. The highest BCUT2D eigenvalue weighted by Gasteiger charge is 2.20. The maximum Gasteiger partial charge on any atom is 0.254 e. The lowest BCUT2D eigenvalue weighted by Gasteiger charge is -2.21. The van der Waals surface area contributed by atoms with E-state index in [0.29, 0.717) is 34.8 Å². The Morgan fingerprint density at radius 1 is 0.969 bits per heavy atom. The van der Waals surface area contributed by atoms with Crippen LogP contribution in [0.1, 0.15) is 15.9 Å². The molecule has 162 valence electrons. The van der Waals surface area contributed by atoms with E-state index in [9.17, 15) is 9.18 Å². The van der Waals surface area contributed by atoms with Gasteiger partial charge in [0.1, 0.15) is 5.82 Å². The van der Waals surface area contributed by atoms with Crippen LogP contribution in [0, 0.1) is 5.82 Å². The monoisotopic (exact) mass is 430 g/mol. The van der Waals surface area contributed by atoms with Crippen molar-refractivity contribution in [2.45, 2.75) is 6.54 Å². The molecule has 0 atom stereocenters. The molecule has 32 heavy (non-hydrogen) atoms. The second-order valence-corrected chi connectivity index (χ2v) is 7.39. The van der Waals surface area contributed by atoms with E-state index in [1.807, 2.05) is 42.5 Å². The Kier molecular flexibility index (Phi) is 6.03. The fraction of sp³-hybridized carbons (Fsp3) is 0.154. The quantitative estimate of drug-likeness (QED) is 0.415. The smallest absolute Gasteiger partial charge is 0.254 e. The normalized spacial score (nSPS) is 10.8. The Balaban J connectivity index is 1.74. The SMILES string of the molecule is COc1cccc(CN(C)C(=O)c2cc(-c3ccc(F)cc3)nc3ccccc23)c1OC. The van der Waals surface area contributed by atoms with Gasteiger partial charge in [0.15, 0.2) is 11.5 Å². The number of hydrogen-bond donors (Lipinski definition) is 0. The van der Waals surface area contributed by atoms with E-state index in [1.165, 1.54) is 12.1 Å². The fourth-order valence-electron chi connectivity index (χ4n) is 3.73. The summed E-state index contributed by atoms with van der Waals surface area (Å²) in [6, 6.07) is 20.9. The Hall–Kier alpha value is -3.93. The molecule has 4 aromatic rings. The van der Waals surface area contributed by atoms with E-state index in [2.05, 4.69) is 4.98 Å². The van der Waals surface area contributed by atoms with Gasteiger partial charge in [0.25, 0.3) is 5.91 Å². The highest BCUT2D eigenvalue weighted by Crippen LogP contribution is 2.32. The number of hydrogen-bond acceptors (Lipinski definition) is 4. The molecule has 0 aliphatic heterocycles. The molecule has 4 rings (SSSR count). The molecule has 1 heterocycles. The number of rotatable bonds is 6. The molecule has 1 aromatic heterocycles. The minimum Gasteiger partial charge on any atom is -0.493 e. The van der Waals surface area contributed by atoms with Crippen LogP contribution in [0.25, 0.3) is 22.2 Å². The number of fused-ring (bicyclic) bond motifs is 1. The van der Waals surface area contributed by atoms with Crippen molar-refractivity contribution in [2.24, 2.45) is 0 Å². The molecule has 0 spiro atoms. The molecule has 0 aliphatic carbocycles. The molecule has 5 nitrogen and oxygen atoms in total. The van der Waals surface area contributed by atoms with E-state index in [4.69, 9.17) is 9.47 Å². The Morgan fingerprint density at radius 3 is 2.44 bits per heavy atom. The number of ether oxygens (including phenoxy) is 2. The van der Waals surface area contributed by atoms with Crippen molar-refractivity contribution in [3.05, 3.63) is 89.7 Å². The average molecular weight is 430 g/mol. The maximum absolute atomic E-state index is 13.5. The molecule has 6 heteroatoms. The van der Waals surface area contributed by atoms with Crippen molar-refractivity contribution in [1.82, 2.24) is 9.88 Å². The molecule has 0 unspecified atom stereocenters. The third-order valence-corrected chi connectivity index (χ3v) is 5.33. The first kappa shape index (κ1) is 21.3. The number of carbonyl (C=O) groups is 1. The summed E-state index contributed by atoms with van der Waals surface area (Å²) in [5, 5.41) is 0.757. The molecule has 0 saturated carbocycles. The lowest BCUT2D eigenvalue weighted by atomic mass is 10.0. The molecular formula is C26H23FN2O3. The van der Waals surface area contributed by atoms with Crippen LogP contribution < -0.4 is 9.47 Å². The summed E-state index contributed by atoms with van der Waals surface area (Å²) in [5.74, 6) is 0.731. The molecule has 0 aliphatic rings. The molecule has 0 saturated heterocycles. The lowest BCUT2D eigenvalue weighted by Crippen LogP contribution is -2.26. The number of amides is 1. The van der Waals surface area contributed by atoms with Gasteiger partial charge in [-0.15, -0.1) is 0 Å². The molecule has 0 bridgehead atoms. The standard InChI is InChI=1S/C26H23FN2O3/c1-29(16-18-7-6-10-24(31-2)25(18)32-3)26(30)21-15-23(17-11-13-19(27)14-12-17)28-22-9-5-4-8-20(21)22/h4-15H,16H2,1-3H3. The van der Waals surface area contributed by atoms with Gasteiger partial charge in [0.2, 0.25) is 0 Å². The summed E-state index contributed by atoms with van der Waals surface area (Å²) < 4.78 is 24.3. The van der Waals surface area contributed by atoms with Crippen LogP contribution in [0.3, 0.4) is 0 Å². The number of pyridine rings is 1. The van der Waals surface area contributed by atoms with Crippen LogP contribution in [-0.4, -0.2) is 37.1 Å². The number of para-hydroxylation sites is 2. The Bertz CT molecular complexity index is 1270. The number of carbonyl (C=O) groups excluding carboxylic acids is 1. The number of methoxy groups -OCH3 is 2. The van der Waals surface area contributed by atoms with Crippen molar-refractivity contribution in [3.8, 4) is 22.8 Å². The fourth-order valence-corrected chi connectivity index (χ4v) is 3.73. The number of benzene rings is 3. The summed E-state index contributed by atoms with van der Waals surface area (Å²) in [6.07, 6.45) is 0. The van der Waals surface area contributed by atoms with Crippen LogP contribution in [-0.2, 0) is 6.54 Å². The highest BCUT2D eigenvalue weighted by molar-refractivity contribution is 6.07. The minimum atomic E-state index is -0.321. The first-order valence-electron chi connectivity index (χ1n) is 10.1. The lowest BCUT2D eigenvalue weighted by molar-refractivity contribution is 0.0786. The zero-order chi connectivity index (χ0) is 22.7. The summed E-state index contributed by atoms with van der Waals surface area (Å²) in [6.45, 7) is 0.335. The van der Waals surface area contributed by atoms with Gasteiger partial charge in [-0.3, -0.25) is 4.79 Å². The topological polar surface area (TPSA) is 51.7 Å². The van der Waals surface area contributed by atoms with Crippen molar-refractivity contribution in [3.63, 3.8) is 0 Å². The second-order valence-electron chi connectivity index (χ2n) is 7.39. The number of aromatic nitrogens is 1. The van der Waals surface area contributed by atoms with Gasteiger partial charge in [0, 0.05) is 30.1 Å². The van der Waals surface area contributed by atoms with E-state index >= 15 is 0 Å². The van der Waals surface area contributed by atoms with Gasteiger partial charge in [-0.2, -0.15) is 0 Å². The van der Waals surface area contributed by atoms with E-state index < -0.39 is 0 Å². The van der Waals surface area contributed by atoms with E-state index in [1.54, 1.807) is 44.4 Å². The van der Waals surface area contributed by atoms with Crippen molar-refractivity contribution >= 4 is 16.8 Å².